The molecule has 0 fully saturated rings. The topological polar surface area (TPSA) is 84.9 Å². The van der Waals surface area contributed by atoms with Crippen molar-refractivity contribution in [2.24, 2.45) is 0 Å². The van der Waals surface area contributed by atoms with Gasteiger partial charge in [0.25, 0.3) is 0 Å². The van der Waals surface area contributed by atoms with Gasteiger partial charge in [-0.3, -0.25) is 4.79 Å². The van der Waals surface area contributed by atoms with Gasteiger partial charge in [-0.1, -0.05) is 13.8 Å². The van der Waals surface area contributed by atoms with Crippen LogP contribution in [0.4, 0.5) is 10.1 Å². The Morgan fingerprint density at radius 3 is 2.32 bits per heavy atom. The molecule has 0 aliphatic heterocycles. The molecule has 2 rings (SSSR count). The summed E-state index contributed by atoms with van der Waals surface area (Å²) < 4.78 is 51.1. The number of carbonyl (C=O) groups excluding carboxylic acids is 1. The molecule has 7 nitrogen and oxygen atoms in total. The first-order valence-electron chi connectivity index (χ1n) is 10.2. The summed E-state index contributed by atoms with van der Waals surface area (Å²) in [7, 11) is -3.69. The minimum absolute atomic E-state index is 0.0194. The van der Waals surface area contributed by atoms with Crippen LogP contribution in [0.25, 0.3) is 0 Å². The van der Waals surface area contributed by atoms with Crippen LogP contribution in [0.5, 0.6) is 11.5 Å². The zero-order chi connectivity index (χ0) is 23.0. The summed E-state index contributed by atoms with van der Waals surface area (Å²) in [5, 5.41) is 2.71. The molecule has 9 heteroatoms. The maximum atomic E-state index is 12.9. The maximum absolute atomic E-state index is 12.9. The lowest BCUT2D eigenvalue weighted by molar-refractivity contribution is -0.116. The molecule has 0 aliphatic rings. The van der Waals surface area contributed by atoms with Crippen LogP contribution in [-0.2, 0) is 14.8 Å². The normalized spacial score (nSPS) is 11.6. The predicted molar refractivity (Wildman–Crippen MR) is 117 cm³/mol. The van der Waals surface area contributed by atoms with E-state index in [1.54, 1.807) is 19.9 Å². The summed E-state index contributed by atoms with van der Waals surface area (Å²) in [6.07, 6.45) is -0.145. The third kappa shape index (κ3) is 6.93. The van der Waals surface area contributed by atoms with E-state index in [4.69, 9.17) is 9.47 Å². The van der Waals surface area contributed by atoms with E-state index in [1.807, 2.05) is 13.8 Å². The molecule has 0 saturated carbocycles. The van der Waals surface area contributed by atoms with Crippen LogP contribution in [0, 0.1) is 5.82 Å². The summed E-state index contributed by atoms with van der Waals surface area (Å²) >= 11 is 0. The Labute approximate surface area is 183 Å². The lowest BCUT2D eigenvalue weighted by Crippen LogP contribution is -2.30. The van der Waals surface area contributed by atoms with Crippen LogP contribution >= 0.6 is 0 Å². The third-order valence-electron chi connectivity index (χ3n) is 4.34. The fourth-order valence-electron chi connectivity index (χ4n) is 2.84. The summed E-state index contributed by atoms with van der Waals surface area (Å²) in [6, 6.07) is 9.91. The van der Waals surface area contributed by atoms with Crippen molar-refractivity contribution in [1.29, 1.82) is 0 Å². The smallest absolute Gasteiger partial charge is 0.243 e. The molecule has 1 amide bonds. The van der Waals surface area contributed by atoms with Crippen LogP contribution in [0.1, 0.15) is 34.1 Å². The largest absolute Gasteiger partial charge is 0.493 e. The van der Waals surface area contributed by atoms with Gasteiger partial charge in [0.1, 0.15) is 17.3 Å². The maximum Gasteiger partial charge on any atom is 0.243 e. The number of anilines is 1. The average molecular weight is 453 g/mol. The highest BCUT2D eigenvalue weighted by Crippen LogP contribution is 2.30. The number of nitrogens with one attached hydrogen (secondary N) is 1. The minimum Gasteiger partial charge on any atom is -0.493 e. The molecule has 0 heterocycles. The van der Waals surface area contributed by atoms with E-state index in [0.29, 0.717) is 24.6 Å². The zero-order valence-corrected chi connectivity index (χ0v) is 19.0. The van der Waals surface area contributed by atoms with E-state index in [2.05, 4.69) is 5.32 Å². The monoisotopic (exact) mass is 452 g/mol. The van der Waals surface area contributed by atoms with Gasteiger partial charge in [-0.25, -0.2) is 12.8 Å². The quantitative estimate of drug-likeness (QED) is 0.556. The predicted octanol–water partition coefficient (Wildman–Crippen LogP) is 4.05. The van der Waals surface area contributed by atoms with Gasteiger partial charge < -0.3 is 14.8 Å². The second-order valence-electron chi connectivity index (χ2n) is 7.01. The molecule has 0 aliphatic carbocycles. The molecule has 1 N–H and O–H groups in total. The molecule has 2 aromatic rings. The third-order valence-corrected chi connectivity index (χ3v) is 6.39. The minimum atomic E-state index is -3.69. The Kier molecular flexibility index (Phi) is 8.82. The number of hydrogen-bond acceptors (Lipinski definition) is 5. The van der Waals surface area contributed by atoms with E-state index in [9.17, 15) is 17.6 Å². The molecule has 0 bridgehead atoms. The number of ether oxygens (including phenoxy) is 2. The Hall–Kier alpha value is -2.65. The van der Waals surface area contributed by atoms with Gasteiger partial charge in [0, 0.05) is 13.1 Å². The van der Waals surface area contributed by atoms with Crippen molar-refractivity contribution in [3.05, 3.63) is 48.3 Å². The van der Waals surface area contributed by atoms with Crippen LogP contribution in [-0.4, -0.2) is 44.4 Å². The second kappa shape index (κ2) is 11.1. The molecule has 0 saturated heterocycles. The van der Waals surface area contributed by atoms with Crippen LogP contribution in [0.3, 0.4) is 0 Å². The summed E-state index contributed by atoms with van der Waals surface area (Å²) in [5.41, 5.74) is 0.272. The summed E-state index contributed by atoms with van der Waals surface area (Å²) in [5.74, 6) is 0.0852. The van der Waals surface area contributed by atoms with Crippen molar-refractivity contribution in [2.45, 2.75) is 45.1 Å². The molecule has 0 atom stereocenters. The van der Waals surface area contributed by atoms with E-state index >= 15 is 0 Å². The molecule has 31 heavy (non-hydrogen) atoms. The van der Waals surface area contributed by atoms with Crippen molar-refractivity contribution in [2.75, 3.05) is 25.0 Å². The number of amides is 1. The van der Waals surface area contributed by atoms with Crippen molar-refractivity contribution >= 4 is 21.6 Å². The molecular formula is C22H29FN2O5S. The first-order valence-corrected chi connectivity index (χ1v) is 11.6. The van der Waals surface area contributed by atoms with Crippen molar-refractivity contribution in [3.63, 3.8) is 0 Å². The first kappa shape index (κ1) is 24.6. The second-order valence-corrected chi connectivity index (χ2v) is 8.95. The molecular weight excluding hydrogens is 423 g/mol. The lowest BCUT2D eigenvalue weighted by atomic mass is 10.2. The standard InChI is InChI=1S/C22H29FN2O5S/c1-5-25(6-2)31(27,28)19-11-12-21(30-16(3)4)20(15-19)24-22(26)13-14-29-18-9-7-17(23)8-10-18/h7-12,15-16H,5-6,13-14H2,1-4H3,(H,24,26). The number of nitrogens with zero attached hydrogens (tertiary/aromatic N) is 1. The van der Waals surface area contributed by atoms with Gasteiger partial charge in [-0.05, 0) is 56.3 Å². The van der Waals surface area contributed by atoms with E-state index in [-0.39, 0.29) is 41.4 Å². The Morgan fingerprint density at radius 2 is 1.74 bits per heavy atom. The number of carbonyl (C=O) groups is 1. The Morgan fingerprint density at radius 1 is 1.10 bits per heavy atom. The average Bonchev–Trinajstić information content (AvgIpc) is 2.71. The SMILES string of the molecule is CCN(CC)S(=O)(=O)c1ccc(OC(C)C)c(NC(=O)CCOc2ccc(F)cc2)c1. The van der Waals surface area contributed by atoms with Crippen molar-refractivity contribution < 1.29 is 27.1 Å². The van der Waals surface area contributed by atoms with Gasteiger partial charge in [0.15, 0.2) is 0 Å². The molecule has 0 unspecified atom stereocenters. The number of rotatable bonds is 11. The summed E-state index contributed by atoms with van der Waals surface area (Å²) in [4.78, 5) is 12.5. The van der Waals surface area contributed by atoms with Crippen molar-refractivity contribution in [1.82, 2.24) is 4.31 Å². The number of benzene rings is 2. The lowest BCUT2D eigenvalue weighted by Gasteiger charge is -2.20. The van der Waals surface area contributed by atoms with Gasteiger partial charge in [-0.15, -0.1) is 0 Å². The van der Waals surface area contributed by atoms with Gasteiger partial charge >= 0.3 is 0 Å². The molecule has 170 valence electrons. The van der Waals surface area contributed by atoms with Crippen molar-refractivity contribution in [3.8, 4) is 11.5 Å². The van der Waals surface area contributed by atoms with E-state index in [0.717, 1.165) is 0 Å². The number of sulfonamides is 1. The molecule has 0 spiro atoms. The Bertz CT molecular complexity index is 974. The zero-order valence-electron chi connectivity index (χ0n) is 18.2. The highest BCUT2D eigenvalue weighted by atomic mass is 32.2. The van der Waals surface area contributed by atoms with Crippen LogP contribution in [0.15, 0.2) is 47.4 Å². The fraction of sp³-hybridized carbons (Fsp3) is 0.409. The first-order chi connectivity index (χ1) is 14.7. The molecule has 0 aromatic heterocycles. The molecule has 2 aromatic carbocycles. The van der Waals surface area contributed by atoms with E-state index < -0.39 is 10.0 Å². The highest BCUT2D eigenvalue weighted by Gasteiger charge is 2.23. The number of hydrogen-bond donors (Lipinski definition) is 1. The van der Waals surface area contributed by atoms with Gasteiger partial charge in [-0.2, -0.15) is 4.31 Å². The summed E-state index contributed by atoms with van der Waals surface area (Å²) in [6.45, 7) is 7.96. The van der Waals surface area contributed by atoms with Crippen LogP contribution < -0.4 is 14.8 Å². The van der Waals surface area contributed by atoms with E-state index in [1.165, 1.54) is 40.7 Å². The van der Waals surface area contributed by atoms with Crippen LogP contribution in [0.2, 0.25) is 0 Å². The number of halogens is 1. The Balaban J connectivity index is 2.15. The van der Waals surface area contributed by atoms with Gasteiger partial charge in [0.05, 0.1) is 29.7 Å². The highest BCUT2D eigenvalue weighted by molar-refractivity contribution is 7.89. The van der Waals surface area contributed by atoms with Gasteiger partial charge in [0.2, 0.25) is 15.9 Å². The molecule has 0 radical (unpaired) electrons. The fourth-order valence-corrected chi connectivity index (χ4v) is 4.33.